The molecule has 1 aromatic heterocycles. The van der Waals surface area contributed by atoms with Gasteiger partial charge in [-0.25, -0.2) is 4.98 Å². The van der Waals surface area contributed by atoms with Crippen molar-refractivity contribution in [2.45, 2.75) is 13.0 Å². The zero-order chi connectivity index (χ0) is 20.5. The lowest BCUT2D eigenvalue weighted by molar-refractivity contribution is -0.116. The Morgan fingerprint density at radius 3 is 2.66 bits per heavy atom. The summed E-state index contributed by atoms with van der Waals surface area (Å²) < 4.78 is 8.60. The van der Waals surface area contributed by atoms with E-state index in [9.17, 15) is 9.59 Å². The monoisotopic (exact) mass is 456 g/mol. The number of amides is 2. The van der Waals surface area contributed by atoms with Gasteiger partial charge in [0.1, 0.15) is 12.4 Å². The topological polar surface area (TPSA) is 85.3 Å². The first-order valence-electron chi connectivity index (χ1n) is 9.13. The van der Waals surface area contributed by atoms with E-state index in [1.54, 1.807) is 48.9 Å². The van der Waals surface area contributed by atoms with Crippen LogP contribution in [0.5, 0.6) is 5.75 Å². The van der Waals surface area contributed by atoms with Crippen LogP contribution >= 0.6 is 15.9 Å². The summed E-state index contributed by atoms with van der Waals surface area (Å²) >= 11 is 3.33. The van der Waals surface area contributed by atoms with Gasteiger partial charge in [0, 0.05) is 35.4 Å². The molecular formula is C21H21BrN4O3. The number of carbonyl (C=O) groups is 2. The van der Waals surface area contributed by atoms with Gasteiger partial charge in [0.15, 0.2) is 0 Å². The quantitative estimate of drug-likeness (QED) is 0.515. The van der Waals surface area contributed by atoms with Gasteiger partial charge in [-0.1, -0.05) is 28.1 Å². The third-order valence-corrected chi connectivity index (χ3v) is 4.60. The van der Waals surface area contributed by atoms with E-state index < -0.39 is 0 Å². The molecule has 0 radical (unpaired) electrons. The van der Waals surface area contributed by atoms with Crippen molar-refractivity contribution in [3.63, 3.8) is 0 Å². The first kappa shape index (κ1) is 20.6. The van der Waals surface area contributed by atoms with E-state index in [2.05, 4.69) is 31.5 Å². The van der Waals surface area contributed by atoms with Gasteiger partial charge in [0.25, 0.3) is 5.91 Å². The number of para-hydroxylation sites is 2. The SMILES string of the molecule is O=C(CCNC(=O)c1ccc(Br)cc1)Nc1ccccc1OCCn1ccnc1. The van der Waals surface area contributed by atoms with E-state index >= 15 is 0 Å². The Kier molecular flexibility index (Phi) is 7.40. The molecule has 0 spiro atoms. The molecule has 0 aliphatic carbocycles. The predicted molar refractivity (Wildman–Crippen MR) is 114 cm³/mol. The number of ether oxygens (including phenoxy) is 1. The van der Waals surface area contributed by atoms with Gasteiger partial charge in [-0.3, -0.25) is 9.59 Å². The van der Waals surface area contributed by atoms with Crippen LogP contribution in [0, 0.1) is 0 Å². The van der Waals surface area contributed by atoms with Crippen molar-refractivity contribution >= 4 is 33.4 Å². The molecular weight excluding hydrogens is 436 g/mol. The fourth-order valence-corrected chi connectivity index (χ4v) is 2.85. The molecule has 0 atom stereocenters. The maximum atomic E-state index is 12.3. The highest BCUT2D eigenvalue weighted by atomic mass is 79.9. The summed E-state index contributed by atoms with van der Waals surface area (Å²) in [5.41, 5.74) is 1.15. The second kappa shape index (κ2) is 10.4. The second-order valence-corrected chi connectivity index (χ2v) is 7.12. The molecule has 3 rings (SSSR count). The van der Waals surface area contributed by atoms with E-state index in [1.807, 2.05) is 22.9 Å². The molecule has 0 saturated heterocycles. The van der Waals surface area contributed by atoms with Gasteiger partial charge in [-0.05, 0) is 36.4 Å². The highest BCUT2D eigenvalue weighted by Gasteiger charge is 2.09. The minimum atomic E-state index is -0.214. The summed E-state index contributed by atoms with van der Waals surface area (Å²) in [6.45, 7) is 1.35. The smallest absolute Gasteiger partial charge is 0.251 e. The van der Waals surface area contributed by atoms with E-state index in [0.717, 1.165) is 4.47 Å². The maximum absolute atomic E-state index is 12.3. The Bertz CT molecular complexity index is 943. The minimum Gasteiger partial charge on any atom is -0.490 e. The molecule has 0 aliphatic rings. The number of rotatable bonds is 9. The average molecular weight is 457 g/mol. The number of hydrogen-bond acceptors (Lipinski definition) is 4. The zero-order valence-corrected chi connectivity index (χ0v) is 17.3. The average Bonchev–Trinajstić information content (AvgIpc) is 3.23. The first-order chi connectivity index (χ1) is 14.1. The van der Waals surface area contributed by atoms with Gasteiger partial charge in [-0.15, -0.1) is 0 Å². The van der Waals surface area contributed by atoms with Crippen molar-refractivity contribution in [2.24, 2.45) is 0 Å². The number of nitrogens with zero attached hydrogens (tertiary/aromatic N) is 2. The fraction of sp³-hybridized carbons (Fsp3) is 0.190. The van der Waals surface area contributed by atoms with Crippen LogP contribution in [0.15, 0.2) is 71.7 Å². The largest absolute Gasteiger partial charge is 0.490 e. The summed E-state index contributed by atoms with van der Waals surface area (Å²) in [6, 6.07) is 14.3. The number of carbonyl (C=O) groups excluding carboxylic acids is 2. The van der Waals surface area contributed by atoms with Crippen molar-refractivity contribution in [3.8, 4) is 5.75 Å². The minimum absolute atomic E-state index is 0.158. The highest BCUT2D eigenvalue weighted by molar-refractivity contribution is 9.10. The van der Waals surface area contributed by atoms with E-state index in [1.165, 1.54) is 0 Å². The van der Waals surface area contributed by atoms with Gasteiger partial charge in [-0.2, -0.15) is 0 Å². The third-order valence-electron chi connectivity index (χ3n) is 4.07. The van der Waals surface area contributed by atoms with Crippen molar-refractivity contribution in [1.29, 1.82) is 0 Å². The van der Waals surface area contributed by atoms with Crippen LogP contribution < -0.4 is 15.4 Å². The predicted octanol–water partition coefficient (Wildman–Crippen LogP) is 3.48. The second-order valence-electron chi connectivity index (χ2n) is 6.21. The number of hydrogen-bond donors (Lipinski definition) is 2. The van der Waals surface area contributed by atoms with Gasteiger partial charge in [0.05, 0.1) is 18.6 Å². The van der Waals surface area contributed by atoms with E-state index in [4.69, 9.17) is 4.74 Å². The van der Waals surface area contributed by atoms with Crippen LogP contribution in [0.25, 0.3) is 0 Å². The lowest BCUT2D eigenvalue weighted by atomic mass is 10.2. The van der Waals surface area contributed by atoms with Gasteiger partial charge in [0.2, 0.25) is 5.91 Å². The molecule has 0 bridgehead atoms. The van der Waals surface area contributed by atoms with Crippen LogP contribution in [0.2, 0.25) is 0 Å². The Morgan fingerprint density at radius 1 is 1.10 bits per heavy atom. The normalized spacial score (nSPS) is 10.4. The molecule has 0 fully saturated rings. The number of benzene rings is 2. The van der Waals surface area contributed by atoms with Crippen molar-refractivity contribution < 1.29 is 14.3 Å². The molecule has 2 N–H and O–H groups in total. The van der Waals surface area contributed by atoms with Crippen LogP contribution in [0.3, 0.4) is 0 Å². The van der Waals surface area contributed by atoms with Crippen molar-refractivity contribution in [1.82, 2.24) is 14.9 Å². The molecule has 2 aromatic carbocycles. The fourth-order valence-electron chi connectivity index (χ4n) is 2.58. The van der Waals surface area contributed by atoms with Crippen LogP contribution in [0.1, 0.15) is 16.8 Å². The molecule has 0 unspecified atom stereocenters. The van der Waals surface area contributed by atoms with E-state index in [-0.39, 0.29) is 24.8 Å². The third kappa shape index (κ3) is 6.46. The number of imidazole rings is 1. The Morgan fingerprint density at radius 2 is 1.90 bits per heavy atom. The first-order valence-corrected chi connectivity index (χ1v) is 9.92. The molecule has 1 heterocycles. The summed E-state index contributed by atoms with van der Waals surface area (Å²) in [5.74, 6) is 0.181. The molecule has 29 heavy (non-hydrogen) atoms. The number of nitrogens with one attached hydrogen (secondary N) is 2. The number of aromatic nitrogens is 2. The summed E-state index contributed by atoms with van der Waals surface area (Å²) in [5, 5.41) is 5.58. The number of halogens is 1. The summed E-state index contributed by atoms with van der Waals surface area (Å²) in [4.78, 5) is 28.3. The molecule has 8 heteroatoms. The Labute approximate surface area is 177 Å². The van der Waals surface area contributed by atoms with Crippen molar-refractivity contribution in [3.05, 3.63) is 77.3 Å². The molecule has 150 valence electrons. The molecule has 7 nitrogen and oxygen atoms in total. The molecule has 2 amide bonds. The Balaban J connectivity index is 1.45. The lowest BCUT2D eigenvalue weighted by Gasteiger charge is -2.13. The molecule has 3 aromatic rings. The summed E-state index contributed by atoms with van der Waals surface area (Å²) in [7, 11) is 0. The van der Waals surface area contributed by atoms with E-state index in [0.29, 0.717) is 30.2 Å². The molecule has 0 saturated carbocycles. The Hall–Kier alpha value is -3.13. The molecule has 0 aliphatic heterocycles. The van der Waals surface area contributed by atoms with Crippen molar-refractivity contribution in [2.75, 3.05) is 18.5 Å². The number of anilines is 1. The van der Waals surface area contributed by atoms with Gasteiger partial charge < -0.3 is 19.9 Å². The zero-order valence-electron chi connectivity index (χ0n) is 15.7. The van der Waals surface area contributed by atoms with Crippen LogP contribution in [0.4, 0.5) is 5.69 Å². The van der Waals surface area contributed by atoms with Gasteiger partial charge >= 0.3 is 0 Å². The van der Waals surface area contributed by atoms with Crippen LogP contribution in [-0.4, -0.2) is 34.5 Å². The summed E-state index contributed by atoms with van der Waals surface area (Å²) in [6.07, 6.45) is 5.45. The maximum Gasteiger partial charge on any atom is 0.251 e. The standard InChI is InChI=1S/C21H21BrN4O3/c22-17-7-5-16(6-8-17)21(28)24-10-9-20(27)25-18-3-1-2-4-19(18)29-14-13-26-12-11-23-15-26/h1-8,11-12,15H,9-10,13-14H2,(H,24,28)(H,25,27). The van der Waals surface area contributed by atoms with Crippen LogP contribution in [-0.2, 0) is 11.3 Å². The lowest BCUT2D eigenvalue weighted by Crippen LogP contribution is -2.27. The highest BCUT2D eigenvalue weighted by Crippen LogP contribution is 2.23.